The van der Waals surface area contributed by atoms with Gasteiger partial charge in [-0.3, -0.25) is 14.2 Å². The second kappa shape index (κ2) is 9.22. The number of hydrogen-bond donors (Lipinski definition) is 1. The second-order valence-corrected chi connectivity index (χ2v) is 10.1. The summed E-state index contributed by atoms with van der Waals surface area (Å²) < 4.78 is 7.06. The molecule has 4 rings (SSSR count). The van der Waals surface area contributed by atoms with E-state index in [9.17, 15) is 9.59 Å². The average Bonchev–Trinajstić information content (AvgIpc) is 3.10. The number of aromatic nitrogens is 2. The van der Waals surface area contributed by atoms with Crippen LogP contribution in [0.4, 0.5) is 0 Å². The molecular weight excluding hydrogens is 454 g/mol. The molecule has 0 fully saturated rings. The Balaban J connectivity index is 1.94. The first-order valence-electron chi connectivity index (χ1n) is 10.2. The number of hydrogen-bond acceptors (Lipinski definition) is 6. The number of nitrogens with zero attached hydrogens (tertiary/aromatic N) is 2. The lowest BCUT2D eigenvalue weighted by Gasteiger charge is -2.18. The number of fused-ring (bicyclic) bond motifs is 3. The molecule has 0 spiro atoms. The molecule has 2 aromatic heterocycles. The monoisotopic (exact) mass is 477 g/mol. The van der Waals surface area contributed by atoms with E-state index in [2.05, 4.69) is 12.2 Å². The van der Waals surface area contributed by atoms with Gasteiger partial charge >= 0.3 is 0 Å². The predicted molar refractivity (Wildman–Crippen MR) is 127 cm³/mol. The summed E-state index contributed by atoms with van der Waals surface area (Å²) in [5.41, 5.74) is 1.50. The molecule has 0 saturated heterocycles. The number of carbonyl (C=O) groups excluding carboxylic acids is 1. The van der Waals surface area contributed by atoms with E-state index in [-0.39, 0.29) is 17.2 Å². The normalized spacial score (nSPS) is 15.7. The summed E-state index contributed by atoms with van der Waals surface area (Å²) in [6.45, 7) is 4.66. The molecule has 1 N–H and O–H groups in total. The van der Waals surface area contributed by atoms with Gasteiger partial charge in [0.1, 0.15) is 10.6 Å². The molecule has 0 bridgehead atoms. The van der Waals surface area contributed by atoms with Gasteiger partial charge in [-0.2, -0.15) is 0 Å². The van der Waals surface area contributed by atoms with Crippen LogP contribution in [-0.2, 0) is 17.6 Å². The molecule has 164 valence electrons. The van der Waals surface area contributed by atoms with Crippen molar-refractivity contribution in [3.05, 3.63) is 44.0 Å². The topological polar surface area (TPSA) is 73.2 Å². The lowest BCUT2D eigenvalue weighted by molar-refractivity contribution is -0.118. The van der Waals surface area contributed by atoms with Gasteiger partial charge in [0.15, 0.2) is 5.16 Å². The van der Waals surface area contributed by atoms with Gasteiger partial charge in [-0.1, -0.05) is 30.3 Å². The van der Waals surface area contributed by atoms with Crippen molar-refractivity contribution in [3.8, 4) is 11.4 Å². The summed E-state index contributed by atoms with van der Waals surface area (Å²) in [6, 6.07) is 5.15. The molecule has 0 aliphatic heterocycles. The highest BCUT2D eigenvalue weighted by molar-refractivity contribution is 7.99. The lowest BCUT2D eigenvalue weighted by Crippen LogP contribution is -2.26. The van der Waals surface area contributed by atoms with Gasteiger partial charge in [0, 0.05) is 16.4 Å². The van der Waals surface area contributed by atoms with E-state index in [1.54, 1.807) is 41.2 Å². The van der Waals surface area contributed by atoms with E-state index < -0.39 is 0 Å². The van der Waals surface area contributed by atoms with Crippen LogP contribution < -0.4 is 15.6 Å². The molecule has 1 amide bonds. The van der Waals surface area contributed by atoms with E-state index in [0.29, 0.717) is 39.5 Å². The van der Waals surface area contributed by atoms with Crippen LogP contribution in [0, 0.1) is 5.92 Å². The van der Waals surface area contributed by atoms with Crippen LogP contribution in [0.1, 0.15) is 30.7 Å². The third-order valence-corrected chi connectivity index (χ3v) is 7.71. The van der Waals surface area contributed by atoms with Crippen LogP contribution in [0.5, 0.6) is 5.75 Å². The van der Waals surface area contributed by atoms with Crippen molar-refractivity contribution in [3.63, 3.8) is 0 Å². The zero-order valence-electron chi connectivity index (χ0n) is 17.7. The van der Waals surface area contributed by atoms with Crippen LogP contribution >= 0.6 is 34.7 Å². The molecule has 1 unspecified atom stereocenters. The molecule has 0 radical (unpaired) electrons. The van der Waals surface area contributed by atoms with Gasteiger partial charge in [0.2, 0.25) is 5.91 Å². The Bertz CT molecular complexity index is 1200. The number of halogens is 1. The molecule has 9 heteroatoms. The number of thioether (sulfide) groups is 1. The van der Waals surface area contributed by atoms with E-state index in [1.807, 2.05) is 6.92 Å². The fourth-order valence-electron chi connectivity index (χ4n) is 3.90. The molecular formula is C22H24ClN3O3S2. The SMILES string of the molecule is CCNC(=O)CSc1nc2sc3c(c2c(=O)n1-c1cc(Cl)ccc1OC)CCC(C)C3. The second-order valence-electron chi connectivity index (χ2n) is 7.63. The number of aryl methyl sites for hydroxylation is 1. The molecule has 6 nitrogen and oxygen atoms in total. The molecule has 31 heavy (non-hydrogen) atoms. The minimum atomic E-state index is -0.143. The molecule has 3 aromatic rings. The zero-order chi connectivity index (χ0) is 22.1. The molecule has 1 aromatic carbocycles. The van der Waals surface area contributed by atoms with Crippen LogP contribution in [0.2, 0.25) is 5.02 Å². The standard InChI is InChI=1S/C22H24ClN3O3S2/c1-4-24-18(27)11-30-22-25-20-19(14-7-5-12(2)9-17(14)31-20)21(28)26(22)15-10-13(23)6-8-16(15)29-3/h6,8,10,12H,4-5,7,9,11H2,1-3H3,(H,24,27). The highest BCUT2D eigenvalue weighted by atomic mass is 35.5. The average molecular weight is 478 g/mol. The molecule has 1 aliphatic carbocycles. The summed E-state index contributed by atoms with van der Waals surface area (Å²) in [6.07, 6.45) is 2.91. The Morgan fingerprint density at radius 1 is 1.45 bits per heavy atom. The van der Waals surface area contributed by atoms with Crippen molar-refractivity contribution in [1.82, 2.24) is 14.9 Å². The predicted octanol–water partition coefficient (Wildman–Crippen LogP) is 4.46. The van der Waals surface area contributed by atoms with Gasteiger partial charge in [0.25, 0.3) is 5.56 Å². The van der Waals surface area contributed by atoms with Crippen molar-refractivity contribution in [2.75, 3.05) is 19.4 Å². The Morgan fingerprint density at radius 2 is 2.26 bits per heavy atom. The minimum absolute atomic E-state index is 0.106. The maximum Gasteiger partial charge on any atom is 0.267 e. The largest absolute Gasteiger partial charge is 0.495 e. The Kier molecular flexibility index (Phi) is 6.60. The maximum absolute atomic E-state index is 13.8. The minimum Gasteiger partial charge on any atom is -0.495 e. The fraction of sp³-hybridized carbons (Fsp3) is 0.409. The zero-order valence-corrected chi connectivity index (χ0v) is 20.0. The quantitative estimate of drug-likeness (QED) is 0.419. The number of rotatable bonds is 6. The number of thiophene rings is 1. The van der Waals surface area contributed by atoms with Gasteiger partial charge in [-0.05, 0) is 55.9 Å². The summed E-state index contributed by atoms with van der Waals surface area (Å²) >= 11 is 9.10. The van der Waals surface area contributed by atoms with E-state index in [4.69, 9.17) is 21.3 Å². The first-order valence-corrected chi connectivity index (χ1v) is 12.4. The van der Waals surface area contributed by atoms with Crippen LogP contribution in [0.15, 0.2) is 28.2 Å². The van der Waals surface area contributed by atoms with Gasteiger partial charge < -0.3 is 10.1 Å². The number of nitrogens with one attached hydrogen (secondary N) is 1. The van der Waals surface area contributed by atoms with E-state index >= 15 is 0 Å². The highest BCUT2D eigenvalue weighted by Crippen LogP contribution is 2.37. The van der Waals surface area contributed by atoms with Crippen molar-refractivity contribution in [2.24, 2.45) is 5.92 Å². The lowest BCUT2D eigenvalue weighted by atomic mass is 9.89. The first kappa shape index (κ1) is 22.2. The third-order valence-electron chi connectivity index (χ3n) is 5.39. The van der Waals surface area contributed by atoms with E-state index in [1.165, 1.54) is 16.6 Å². The van der Waals surface area contributed by atoms with Gasteiger partial charge in [-0.25, -0.2) is 4.98 Å². The highest BCUT2D eigenvalue weighted by Gasteiger charge is 2.26. The number of amides is 1. The number of benzene rings is 1. The summed E-state index contributed by atoms with van der Waals surface area (Å²) in [5.74, 6) is 1.18. The maximum atomic E-state index is 13.8. The molecule has 1 aliphatic rings. The van der Waals surface area contributed by atoms with Crippen LogP contribution in [-0.4, -0.2) is 34.9 Å². The first-order chi connectivity index (χ1) is 14.9. The van der Waals surface area contributed by atoms with Gasteiger partial charge in [0.05, 0.1) is 23.9 Å². The Morgan fingerprint density at radius 3 is 3.00 bits per heavy atom. The Labute approximate surface area is 194 Å². The number of methoxy groups -OCH3 is 1. The summed E-state index contributed by atoms with van der Waals surface area (Å²) in [4.78, 5) is 32.8. The summed E-state index contributed by atoms with van der Waals surface area (Å²) in [5, 5.41) is 4.41. The van der Waals surface area contributed by atoms with E-state index in [0.717, 1.165) is 29.7 Å². The molecule has 2 heterocycles. The Hall–Kier alpha value is -2.03. The fourth-order valence-corrected chi connectivity index (χ4v) is 6.32. The number of ether oxygens (including phenoxy) is 1. The summed E-state index contributed by atoms with van der Waals surface area (Å²) in [7, 11) is 1.55. The van der Waals surface area contributed by atoms with Crippen molar-refractivity contribution >= 4 is 50.8 Å². The van der Waals surface area contributed by atoms with Crippen molar-refractivity contribution in [2.45, 2.75) is 38.3 Å². The van der Waals surface area contributed by atoms with Gasteiger partial charge in [-0.15, -0.1) is 11.3 Å². The third kappa shape index (κ3) is 4.33. The number of carbonyl (C=O) groups is 1. The van der Waals surface area contributed by atoms with Crippen molar-refractivity contribution < 1.29 is 9.53 Å². The van der Waals surface area contributed by atoms with Crippen LogP contribution in [0.3, 0.4) is 0 Å². The molecule has 1 atom stereocenters. The van der Waals surface area contributed by atoms with Crippen LogP contribution in [0.25, 0.3) is 15.9 Å². The van der Waals surface area contributed by atoms with Crippen molar-refractivity contribution in [1.29, 1.82) is 0 Å². The molecule has 0 saturated carbocycles. The smallest absolute Gasteiger partial charge is 0.267 e.